The zero-order valence-corrected chi connectivity index (χ0v) is 12.4. The highest BCUT2D eigenvalue weighted by Gasteiger charge is 2.21. The van der Waals surface area contributed by atoms with E-state index in [-0.39, 0.29) is 0 Å². The van der Waals surface area contributed by atoms with Gasteiger partial charge in [-0.3, -0.25) is 0 Å². The van der Waals surface area contributed by atoms with Gasteiger partial charge in [0, 0.05) is 0 Å². The summed E-state index contributed by atoms with van der Waals surface area (Å²) in [6.45, 7) is 5.34. The number of nitrogens with zero attached hydrogens (tertiary/aromatic N) is 2. The van der Waals surface area contributed by atoms with Crippen molar-refractivity contribution in [1.29, 1.82) is 0 Å². The minimum absolute atomic E-state index is 0.537. The standard InChI is InChI=1S/C18H23N2/c1-4-10-18-19(15-16-11-8-7-9-12-16)13-14-20(18)17(5-2)6-3/h1,7-9,11-14,17H,5-6,10,15H2,2-3H3/q+1. The summed E-state index contributed by atoms with van der Waals surface area (Å²) in [5.41, 5.74) is 1.30. The summed E-state index contributed by atoms with van der Waals surface area (Å²) in [4.78, 5) is 0. The van der Waals surface area contributed by atoms with Gasteiger partial charge in [0.15, 0.2) is 0 Å². The van der Waals surface area contributed by atoms with Gasteiger partial charge in [-0.1, -0.05) is 50.1 Å². The van der Waals surface area contributed by atoms with E-state index >= 15 is 0 Å². The second-order valence-electron chi connectivity index (χ2n) is 5.09. The first-order chi connectivity index (χ1) is 9.80. The van der Waals surface area contributed by atoms with E-state index in [1.54, 1.807) is 0 Å². The lowest BCUT2D eigenvalue weighted by atomic mass is 10.1. The summed E-state index contributed by atoms with van der Waals surface area (Å²) >= 11 is 0. The molecule has 0 N–H and O–H groups in total. The summed E-state index contributed by atoms with van der Waals surface area (Å²) < 4.78 is 4.62. The molecule has 2 heteroatoms. The molecule has 1 aromatic carbocycles. The van der Waals surface area contributed by atoms with Crippen LogP contribution in [0.1, 0.15) is 44.1 Å². The zero-order valence-electron chi connectivity index (χ0n) is 12.4. The minimum atomic E-state index is 0.537. The van der Waals surface area contributed by atoms with Crippen LogP contribution in [0.15, 0.2) is 42.7 Å². The molecule has 1 heterocycles. The second-order valence-corrected chi connectivity index (χ2v) is 5.09. The first-order valence-corrected chi connectivity index (χ1v) is 7.36. The van der Waals surface area contributed by atoms with Crippen molar-refractivity contribution in [3.63, 3.8) is 0 Å². The fourth-order valence-electron chi connectivity index (χ4n) is 2.70. The average Bonchev–Trinajstić information content (AvgIpc) is 2.85. The molecule has 2 aromatic rings. The Morgan fingerprint density at radius 2 is 1.90 bits per heavy atom. The fourth-order valence-corrected chi connectivity index (χ4v) is 2.70. The van der Waals surface area contributed by atoms with Gasteiger partial charge in [0.25, 0.3) is 5.82 Å². The van der Waals surface area contributed by atoms with Crippen LogP contribution in [-0.2, 0) is 13.0 Å². The van der Waals surface area contributed by atoms with Crippen LogP contribution in [0, 0.1) is 12.3 Å². The average molecular weight is 267 g/mol. The van der Waals surface area contributed by atoms with Gasteiger partial charge in [0.1, 0.15) is 31.4 Å². The molecule has 0 aliphatic carbocycles. The highest BCUT2D eigenvalue weighted by molar-refractivity contribution is 5.13. The molecule has 1 aromatic heterocycles. The van der Waals surface area contributed by atoms with E-state index in [4.69, 9.17) is 6.42 Å². The Labute approximate surface area is 122 Å². The van der Waals surface area contributed by atoms with E-state index < -0.39 is 0 Å². The molecule has 0 unspecified atom stereocenters. The van der Waals surface area contributed by atoms with Crippen molar-refractivity contribution in [3.8, 4) is 12.3 Å². The maximum absolute atomic E-state index is 5.56. The Morgan fingerprint density at radius 1 is 1.20 bits per heavy atom. The number of rotatable bonds is 6. The SMILES string of the molecule is C#CCc1n(C(CC)CC)cc[n+]1Cc1ccccc1. The van der Waals surface area contributed by atoms with Crippen LogP contribution >= 0.6 is 0 Å². The molecule has 2 rings (SSSR count). The van der Waals surface area contributed by atoms with Crippen LogP contribution < -0.4 is 4.57 Å². The zero-order chi connectivity index (χ0) is 14.4. The molecule has 0 fully saturated rings. The topological polar surface area (TPSA) is 8.81 Å². The maximum Gasteiger partial charge on any atom is 0.269 e. The predicted molar refractivity (Wildman–Crippen MR) is 82.3 cm³/mol. The maximum atomic E-state index is 5.56. The smallest absolute Gasteiger partial charge is 0.231 e. The molecule has 0 amide bonds. The Hall–Kier alpha value is -2.01. The van der Waals surface area contributed by atoms with Crippen molar-refractivity contribution in [2.75, 3.05) is 0 Å². The van der Waals surface area contributed by atoms with Crippen molar-refractivity contribution in [1.82, 2.24) is 4.57 Å². The third kappa shape index (κ3) is 3.11. The monoisotopic (exact) mass is 267 g/mol. The largest absolute Gasteiger partial charge is 0.269 e. The highest BCUT2D eigenvalue weighted by Crippen LogP contribution is 2.17. The van der Waals surface area contributed by atoms with Gasteiger partial charge >= 0.3 is 0 Å². The summed E-state index contributed by atoms with van der Waals surface area (Å²) in [6, 6.07) is 11.0. The number of benzene rings is 1. The van der Waals surface area contributed by atoms with Gasteiger partial charge in [-0.15, -0.1) is 6.42 Å². The van der Waals surface area contributed by atoms with Crippen LogP contribution in [0.3, 0.4) is 0 Å². The van der Waals surface area contributed by atoms with Crippen LogP contribution in [0.25, 0.3) is 0 Å². The van der Waals surface area contributed by atoms with Crippen LogP contribution in [0.4, 0.5) is 0 Å². The van der Waals surface area contributed by atoms with Gasteiger partial charge in [-0.05, 0) is 18.4 Å². The molecule has 0 spiro atoms. The molecule has 0 aliphatic rings. The van der Waals surface area contributed by atoms with Gasteiger partial charge in [0.2, 0.25) is 0 Å². The van der Waals surface area contributed by atoms with Gasteiger partial charge in [-0.25, -0.2) is 9.13 Å². The molecule has 2 nitrogen and oxygen atoms in total. The van der Waals surface area contributed by atoms with E-state index in [9.17, 15) is 0 Å². The summed E-state index contributed by atoms with van der Waals surface area (Å²) in [7, 11) is 0. The van der Waals surface area contributed by atoms with Crippen molar-refractivity contribution < 1.29 is 4.57 Å². The van der Waals surface area contributed by atoms with Crippen LogP contribution in [-0.4, -0.2) is 4.57 Å². The number of imidazole rings is 1. The Kier molecular flexibility index (Phi) is 5.01. The molecule has 104 valence electrons. The van der Waals surface area contributed by atoms with Crippen molar-refractivity contribution in [3.05, 3.63) is 54.1 Å². The van der Waals surface area contributed by atoms with Gasteiger partial charge in [-0.2, -0.15) is 0 Å². The Bertz CT molecular complexity index is 571. The number of hydrogen-bond donors (Lipinski definition) is 0. The van der Waals surface area contributed by atoms with E-state index in [0.717, 1.165) is 19.4 Å². The third-order valence-electron chi connectivity index (χ3n) is 3.83. The fraction of sp³-hybridized carbons (Fsp3) is 0.389. The molecular weight excluding hydrogens is 244 g/mol. The van der Waals surface area contributed by atoms with Gasteiger partial charge in [0.05, 0.1) is 0 Å². The summed E-state index contributed by atoms with van der Waals surface area (Å²) in [5, 5.41) is 0. The number of terminal acetylenes is 1. The van der Waals surface area contributed by atoms with E-state index in [1.165, 1.54) is 11.4 Å². The van der Waals surface area contributed by atoms with Crippen molar-refractivity contribution in [2.45, 2.75) is 45.7 Å². The number of aromatic nitrogens is 2. The lowest BCUT2D eigenvalue weighted by molar-refractivity contribution is -0.694. The molecular formula is C18H23N2+. The molecule has 0 bridgehead atoms. The van der Waals surface area contributed by atoms with E-state index in [2.05, 4.69) is 65.6 Å². The van der Waals surface area contributed by atoms with Crippen LogP contribution in [0.5, 0.6) is 0 Å². The van der Waals surface area contributed by atoms with E-state index in [0.29, 0.717) is 12.5 Å². The minimum Gasteiger partial charge on any atom is -0.231 e. The molecule has 0 saturated carbocycles. The first kappa shape index (κ1) is 14.4. The molecule has 20 heavy (non-hydrogen) atoms. The first-order valence-electron chi connectivity index (χ1n) is 7.36. The quantitative estimate of drug-likeness (QED) is 0.560. The lowest BCUT2D eigenvalue weighted by Gasteiger charge is -2.11. The Morgan fingerprint density at radius 3 is 2.50 bits per heavy atom. The Balaban J connectivity index is 2.32. The third-order valence-corrected chi connectivity index (χ3v) is 3.83. The van der Waals surface area contributed by atoms with E-state index in [1.807, 2.05) is 6.07 Å². The predicted octanol–water partition coefficient (Wildman–Crippen LogP) is 3.36. The van der Waals surface area contributed by atoms with Crippen molar-refractivity contribution in [2.24, 2.45) is 0 Å². The number of hydrogen-bond acceptors (Lipinski definition) is 0. The van der Waals surface area contributed by atoms with Crippen LogP contribution in [0.2, 0.25) is 0 Å². The van der Waals surface area contributed by atoms with Gasteiger partial charge < -0.3 is 0 Å². The second kappa shape index (κ2) is 6.96. The molecule has 0 radical (unpaired) electrons. The molecule has 0 aliphatic heterocycles. The molecule has 0 saturated heterocycles. The lowest BCUT2D eigenvalue weighted by Crippen LogP contribution is -2.38. The summed E-state index contributed by atoms with van der Waals surface area (Å²) in [6.07, 6.45) is 12.8. The summed E-state index contributed by atoms with van der Waals surface area (Å²) in [5.74, 6) is 4.02. The van der Waals surface area contributed by atoms with Crippen molar-refractivity contribution >= 4 is 0 Å². The highest BCUT2D eigenvalue weighted by atomic mass is 15.2. The normalized spacial score (nSPS) is 10.7. The molecule has 0 atom stereocenters.